The number of anilines is 1. The topological polar surface area (TPSA) is 76.7 Å². The quantitative estimate of drug-likeness (QED) is 0.514. The van der Waals surface area contributed by atoms with Gasteiger partial charge in [-0.05, 0) is 37.7 Å². The lowest BCUT2D eigenvalue weighted by molar-refractivity contribution is -0.141. The van der Waals surface area contributed by atoms with E-state index in [0.29, 0.717) is 23.6 Å². The summed E-state index contributed by atoms with van der Waals surface area (Å²) >= 11 is 6.64. The Morgan fingerprint density at radius 2 is 1.81 bits per heavy atom. The highest BCUT2D eigenvalue weighted by Crippen LogP contribution is 2.30. The van der Waals surface area contributed by atoms with Crippen molar-refractivity contribution in [3.8, 4) is 0 Å². The number of nitrogens with one attached hydrogen (secondary N) is 2. The number of carbonyl (C=O) groups is 2. The molecule has 0 fully saturated rings. The number of carbonyl (C=O) groups excluding carboxylic acids is 2. The maximum absolute atomic E-state index is 12.3. The van der Waals surface area contributed by atoms with Gasteiger partial charge in [-0.1, -0.05) is 30.3 Å². The average molecular weight is 407 g/mol. The van der Waals surface area contributed by atoms with Gasteiger partial charge >= 0.3 is 11.9 Å². The van der Waals surface area contributed by atoms with Crippen molar-refractivity contribution in [3.63, 3.8) is 0 Å². The Balaban J connectivity index is 2.11. The van der Waals surface area contributed by atoms with Gasteiger partial charge in [-0.2, -0.15) is 0 Å². The van der Waals surface area contributed by atoms with Gasteiger partial charge < -0.3 is 20.1 Å². The fourth-order valence-corrected chi connectivity index (χ4v) is 3.61. The van der Waals surface area contributed by atoms with Crippen molar-refractivity contribution in [1.82, 2.24) is 5.32 Å². The number of rotatable bonds is 8. The second-order valence-corrected chi connectivity index (χ2v) is 7.00. The van der Waals surface area contributed by atoms with Gasteiger partial charge in [-0.15, -0.1) is 11.3 Å². The number of thiophene rings is 1. The zero-order chi connectivity index (χ0) is 19.6. The SMILES string of the molecule is CCOC(=O)CNC(=S)Nc1sc(Cc2ccccc2)cc1C(=O)OCC. The summed E-state index contributed by atoms with van der Waals surface area (Å²) in [5.74, 6) is -0.813. The van der Waals surface area contributed by atoms with E-state index in [1.807, 2.05) is 36.4 Å². The molecule has 0 bridgehead atoms. The molecular weight excluding hydrogens is 384 g/mol. The van der Waals surface area contributed by atoms with E-state index >= 15 is 0 Å². The van der Waals surface area contributed by atoms with E-state index in [1.54, 1.807) is 13.8 Å². The molecule has 6 nitrogen and oxygen atoms in total. The summed E-state index contributed by atoms with van der Waals surface area (Å²) in [5, 5.41) is 6.58. The molecule has 0 atom stereocenters. The van der Waals surface area contributed by atoms with Gasteiger partial charge in [0.2, 0.25) is 0 Å². The molecule has 2 rings (SSSR count). The summed E-state index contributed by atoms with van der Waals surface area (Å²) in [6.07, 6.45) is 0.697. The molecule has 0 aliphatic heterocycles. The molecule has 1 aromatic carbocycles. The van der Waals surface area contributed by atoms with Crippen molar-refractivity contribution in [2.24, 2.45) is 0 Å². The van der Waals surface area contributed by atoms with Crippen LogP contribution in [0, 0.1) is 0 Å². The largest absolute Gasteiger partial charge is 0.465 e. The minimum atomic E-state index is -0.413. The summed E-state index contributed by atoms with van der Waals surface area (Å²) < 4.78 is 9.98. The van der Waals surface area contributed by atoms with Gasteiger partial charge in [-0.3, -0.25) is 4.79 Å². The second kappa shape index (κ2) is 10.6. The maximum Gasteiger partial charge on any atom is 0.341 e. The van der Waals surface area contributed by atoms with Crippen LogP contribution >= 0.6 is 23.6 Å². The molecule has 0 aliphatic rings. The third kappa shape index (κ3) is 6.65. The molecule has 2 N–H and O–H groups in total. The molecule has 8 heteroatoms. The number of benzene rings is 1. The van der Waals surface area contributed by atoms with E-state index in [9.17, 15) is 9.59 Å². The van der Waals surface area contributed by atoms with Crippen LogP contribution < -0.4 is 10.6 Å². The molecular formula is C19H22N2O4S2. The number of thiocarbonyl (C=S) groups is 1. The fourth-order valence-electron chi connectivity index (χ4n) is 2.29. The van der Waals surface area contributed by atoms with Crippen LogP contribution in [0.15, 0.2) is 36.4 Å². The lowest BCUT2D eigenvalue weighted by Crippen LogP contribution is -2.34. The van der Waals surface area contributed by atoms with Crippen molar-refractivity contribution in [2.75, 3.05) is 25.1 Å². The lowest BCUT2D eigenvalue weighted by atomic mass is 10.1. The average Bonchev–Trinajstić information content (AvgIpc) is 3.03. The van der Waals surface area contributed by atoms with Crippen LogP contribution in [-0.2, 0) is 20.7 Å². The fraction of sp³-hybridized carbons (Fsp3) is 0.316. The highest BCUT2D eigenvalue weighted by atomic mass is 32.1. The molecule has 0 saturated heterocycles. The number of ether oxygens (including phenoxy) is 2. The molecule has 144 valence electrons. The van der Waals surface area contributed by atoms with Crippen LogP contribution in [0.2, 0.25) is 0 Å². The van der Waals surface area contributed by atoms with E-state index in [4.69, 9.17) is 21.7 Å². The zero-order valence-electron chi connectivity index (χ0n) is 15.2. The monoisotopic (exact) mass is 406 g/mol. The van der Waals surface area contributed by atoms with E-state index < -0.39 is 11.9 Å². The van der Waals surface area contributed by atoms with Gasteiger partial charge in [-0.25, -0.2) is 4.79 Å². The highest BCUT2D eigenvalue weighted by Gasteiger charge is 2.18. The number of esters is 2. The second-order valence-electron chi connectivity index (χ2n) is 5.45. The first-order valence-corrected chi connectivity index (χ1v) is 9.80. The van der Waals surface area contributed by atoms with E-state index in [2.05, 4.69) is 10.6 Å². The predicted octanol–water partition coefficient (Wildman–Crippen LogP) is 3.37. The third-order valence-electron chi connectivity index (χ3n) is 3.43. The van der Waals surface area contributed by atoms with Crippen molar-refractivity contribution in [1.29, 1.82) is 0 Å². The number of hydrogen-bond donors (Lipinski definition) is 2. The first-order valence-electron chi connectivity index (χ1n) is 8.57. The Hall–Kier alpha value is -2.45. The standard InChI is InChI=1S/C19H22N2O4S2/c1-3-24-16(22)12-20-19(26)21-17-15(18(23)25-4-2)11-14(27-17)10-13-8-6-5-7-9-13/h5-9,11H,3-4,10,12H2,1-2H3,(H2,20,21,26). The van der Waals surface area contributed by atoms with Gasteiger partial charge in [0.25, 0.3) is 0 Å². The third-order valence-corrected chi connectivity index (χ3v) is 4.72. The zero-order valence-corrected chi connectivity index (χ0v) is 16.9. The molecule has 0 amide bonds. The van der Waals surface area contributed by atoms with Gasteiger partial charge in [0.1, 0.15) is 11.5 Å². The minimum absolute atomic E-state index is 0.0450. The highest BCUT2D eigenvalue weighted by molar-refractivity contribution is 7.80. The molecule has 0 aliphatic carbocycles. The lowest BCUT2D eigenvalue weighted by Gasteiger charge is -2.10. The molecule has 0 saturated carbocycles. The Bertz CT molecular complexity index is 790. The molecule has 0 unspecified atom stereocenters. The minimum Gasteiger partial charge on any atom is -0.465 e. The van der Waals surface area contributed by atoms with Crippen LogP contribution in [0.25, 0.3) is 0 Å². The Kier molecular flexibility index (Phi) is 8.22. The van der Waals surface area contributed by atoms with Crippen LogP contribution in [-0.4, -0.2) is 36.8 Å². The van der Waals surface area contributed by atoms with Crippen LogP contribution in [0.5, 0.6) is 0 Å². The Morgan fingerprint density at radius 3 is 2.48 bits per heavy atom. The molecule has 1 aromatic heterocycles. The summed E-state index contributed by atoms with van der Waals surface area (Å²) in [7, 11) is 0. The van der Waals surface area contributed by atoms with Crippen molar-refractivity contribution >= 4 is 45.6 Å². The Morgan fingerprint density at radius 1 is 1.11 bits per heavy atom. The number of hydrogen-bond acceptors (Lipinski definition) is 6. The predicted molar refractivity (Wildman–Crippen MR) is 110 cm³/mol. The van der Waals surface area contributed by atoms with E-state index in [-0.39, 0.29) is 18.3 Å². The van der Waals surface area contributed by atoms with Crippen molar-refractivity contribution in [2.45, 2.75) is 20.3 Å². The molecule has 27 heavy (non-hydrogen) atoms. The van der Waals surface area contributed by atoms with Crippen LogP contribution in [0.1, 0.15) is 34.6 Å². The summed E-state index contributed by atoms with van der Waals surface area (Å²) in [6.45, 7) is 4.04. The van der Waals surface area contributed by atoms with Crippen LogP contribution in [0.3, 0.4) is 0 Å². The molecule has 0 radical (unpaired) electrons. The Labute approximate surface area is 167 Å². The van der Waals surface area contributed by atoms with E-state index in [1.165, 1.54) is 11.3 Å². The smallest absolute Gasteiger partial charge is 0.341 e. The molecule has 2 aromatic rings. The normalized spacial score (nSPS) is 10.1. The van der Waals surface area contributed by atoms with Gasteiger partial charge in [0, 0.05) is 11.3 Å². The van der Waals surface area contributed by atoms with Crippen LogP contribution in [0.4, 0.5) is 5.00 Å². The van der Waals surface area contributed by atoms with Gasteiger partial charge in [0.15, 0.2) is 5.11 Å². The molecule has 1 heterocycles. The summed E-state index contributed by atoms with van der Waals surface area (Å²) in [5.41, 5.74) is 1.57. The van der Waals surface area contributed by atoms with E-state index in [0.717, 1.165) is 10.4 Å². The summed E-state index contributed by atoms with van der Waals surface area (Å²) in [4.78, 5) is 24.7. The first-order chi connectivity index (χ1) is 13.0. The maximum atomic E-state index is 12.3. The van der Waals surface area contributed by atoms with Crippen molar-refractivity contribution in [3.05, 3.63) is 52.4 Å². The van der Waals surface area contributed by atoms with Crippen molar-refractivity contribution < 1.29 is 19.1 Å². The first kappa shape index (κ1) is 20.9. The van der Waals surface area contributed by atoms with Gasteiger partial charge in [0.05, 0.1) is 18.8 Å². The molecule has 0 spiro atoms. The summed E-state index contributed by atoms with van der Waals surface area (Å²) in [6, 6.07) is 11.8.